The number of hydrogen-bond donors (Lipinski definition) is 4. The predicted octanol–water partition coefficient (Wildman–Crippen LogP) is 1.94. The van der Waals surface area contributed by atoms with Crippen molar-refractivity contribution in [1.29, 1.82) is 0 Å². The number of pyridine rings is 1. The van der Waals surface area contributed by atoms with E-state index in [4.69, 9.17) is 0 Å². The van der Waals surface area contributed by atoms with Crippen LogP contribution in [-0.4, -0.2) is 48.7 Å². The van der Waals surface area contributed by atoms with Gasteiger partial charge in [0.1, 0.15) is 11.6 Å². The van der Waals surface area contributed by atoms with Gasteiger partial charge in [0.05, 0.1) is 11.8 Å². The van der Waals surface area contributed by atoms with Gasteiger partial charge in [0.2, 0.25) is 16.0 Å². The number of nitrogens with one attached hydrogen (secondary N) is 4. The summed E-state index contributed by atoms with van der Waals surface area (Å²) in [5.41, 5.74) is 1.41. The molecule has 0 saturated heterocycles. The maximum Gasteiger partial charge on any atom is 0.327 e. The highest BCUT2D eigenvalue weighted by molar-refractivity contribution is 7.88. The van der Waals surface area contributed by atoms with Crippen molar-refractivity contribution < 1.29 is 13.2 Å². The minimum absolute atomic E-state index is 0.113. The van der Waals surface area contributed by atoms with Crippen LogP contribution in [0.3, 0.4) is 0 Å². The quantitative estimate of drug-likeness (QED) is 0.433. The second-order valence-corrected chi connectivity index (χ2v) is 8.11. The molecule has 152 valence electrons. The fourth-order valence-electron chi connectivity index (χ4n) is 2.53. The van der Waals surface area contributed by atoms with Crippen LogP contribution in [0.2, 0.25) is 0 Å². The first-order valence-electron chi connectivity index (χ1n) is 8.76. The van der Waals surface area contributed by atoms with E-state index in [-0.39, 0.29) is 12.5 Å². The molecule has 3 rings (SSSR count). The monoisotopic (exact) mass is 415 g/mol. The number of nitrogens with zero attached hydrogens (tertiary/aromatic N) is 3. The molecule has 0 unspecified atom stereocenters. The molecular weight excluding hydrogens is 394 g/mol. The summed E-state index contributed by atoms with van der Waals surface area (Å²) in [6.45, 7) is 2.30. The Balaban J connectivity index is 1.61. The van der Waals surface area contributed by atoms with Crippen LogP contribution in [0.1, 0.15) is 5.69 Å². The third-order valence-electron chi connectivity index (χ3n) is 3.71. The number of para-hydroxylation sites is 1. The van der Waals surface area contributed by atoms with Gasteiger partial charge < -0.3 is 5.32 Å². The van der Waals surface area contributed by atoms with Gasteiger partial charge in [-0.05, 0) is 25.1 Å². The van der Waals surface area contributed by atoms with Crippen LogP contribution in [-0.2, 0) is 10.0 Å². The van der Waals surface area contributed by atoms with E-state index in [1.807, 2.05) is 30.3 Å². The zero-order valence-electron chi connectivity index (χ0n) is 15.9. The third kappa shape index (κ3) is 6.36. The van der Waals surface area contributed by atoms with Gasteiger partial charge in [-0.1, -0.05) is 18.2 Å². The summed E-state index contributed by atoms with van der Waals surface area (Å²) in [7, 11) is -3.25. The van der Waals surface area contributed by atoms with Crippen molar-refractivity contribution in [2.75, 3.05) is 35.3 Å². The first kappa shape index (κ1) is 20.4. The average Bonchev–Trinajstić information content (AvgIpc) is 2.64. The molecule has 2 heterocycles. The number of aromatic nitrogens is 3. The summed E-state index contributed by atoms with van der Waals surface area (Å²) in [4.78, 5) is 25.0. The summed E-state index contributed by atoms with van der Waals surface area (Å²) >= 11 is 0. The molecule has 4 N–H and O–H groups in total. The summed E-state index contributed by atoms with van der Waals surface area (Å²) < 4.78 is 24.5. The van der Waals surface area contributed by atoms with E-state index in [1.54, 1.807) is 19.1 Å². The number of carbonyl (C=O) groups excluding carboxylic acids is 1. The van der Waals surface area contributed by atoms with Crippen LogP contribution >= 0.6 is 0 Å². The predicted molar refractivity (Wildman–Crippen MR) is 112 cm³/mol. The van der Waals surface area contributed by atoms with E-state index in [2.05, 4.69) is 35.6 Å². The Morgan fingerprint density at radius 2 is 1.76 bits per heavy atom. The van der Waals surface area contributed by atoms with Gasteiger partial charge in [-0.25, -0.2) is 27.9 Å². The molecule has 0 aliphatic heterocycles. The van der Waals surface area contributed by atoms with Crippen molar-refractivity contribution in [3.05, 3.63) is 48.2 Å². The number of benzene rings is 1. The van der Waals surface area contributed by atoms with Crippen LogP contribution in [0.5, 0.6) is 0 Å². The Bertz CT molecular complexity index is 1140. The standard InChI is InChI=1S/C18H21N7O3S/c1-12-11-16(19-9-10-20-29(2,27)28)23-17(21-12)25-18(26)24-15-8-7-13-5-3-4-6-14(13)22-15/h3-8,11,20H,9-10H2,1-2H3,(H3,19,21,22,23,24,25,26). The zero-order valence-corrected chi connectivity index (χ0v) is 16.7. The van der Waals surface area contributed by atoms with Crippen molar-refractivity contribution in [2.45, 2.75) is 6.92 Å². The molecule has 0 saturated carbocycles. The van der Waals surface area contributed by atoms with Crippen molar-refractivity contribution in [1.82, 2.24) is 19.7 Å². The first-order valence-corrected chi connectivity index (χ1v) is 10.7. The highest BCUT2D eigenvalue weighted by Gasteiger charge is 2.09. The molecule has 10 nitrogen and oxygen atoms in total. The summed E-state index contributed by atoms with van der Waals surface area (Å²) in [6.07, 6.45) is 1.09. The van der Waals surface area contributed by atoms with Crippen molar-refractivity contribution >= 4 is 44.5 Å². The highest BCUT2D eigenvalue weighted by Crippen LogP contribution is 2.15. The van der Waals surface area contributed by atoms with Crippen LogP contribution < -0.4 is 20.7 Å². The second-order valence-electron chi connectivity index (χ2n) is 6.28. The van der Waals surface area contributed by atoms with Gasteiger partial charge in [0.25, 0.3) is 0 Å². The third-order valence-corrected chi connectivity index (χ3v) is 4.44. The molecule has 0 atom stereocenters. The van der Waals surface area contributed by atoms with Crippen molar-refractivity contribution in [3.8, 4) is 0 Å². The molecular formula is C18H21N7O3S. The van der Waals surface area contributed by atoms with Gasteiger partial charge in [0, 0.05) is 30.2 Å². The Morgan fingerprint density at radius 1 is 0.966 bits per heavy atom. The number of anilines is 3. The van der Waals surface area contributed by atoms with E-state index in [0.717, 1.165) is 17.2 Å². The van der Waals surface area contributed by atoms with Crippen molar-refractivity contribution in [2.24, 2.45) is 0 Å². The van der Waals surface area contributed by atoms with Crippen molar-refractivity contribution in [3.63, 3.8) is 0 Å². The number of amides is 2. The van der Waals surface area contributed by atoms with Gasteiger partial charge in [-0.3, -0.25) is 10.6 Å². The zero-order chi connectivity index (χ0) is 20.9. The smallest absolute Gasteiger partial charge is 0.327 e. The van der Waals surface area contributed by atoms with E-state index in [1.165, 1.54) is 0 Å². The fourth-order valence-corrected chi connectivity index (χ4v) is 3.00. The number of aryl methyl sites for hydroxylation is 1. The molecule has 11 heteroatoms. The molecule has 2 aromatic heterocycles. The number of hydrogen-bond acceptors (Lipinski definition) is 7. The van der Waals surface area contributed by atoms with E-state index in [0.29, 0.717) is 23.9 Å². The Hall–Kier alpha value is -3.31. The minimum Gasteiger partial charge on any atom is -0.369 e. The molecule has 3 aromatic rings. The molecule has 0 bridgehead atoms. The lowest BCUT2D eigenvalue weighted by molar-refractivity contribution is 0.262. The maximum absolute atomic E-state index is 12.3. The van der Waals surface area contributed by atoms with Gasteiger partial charge >= 0.3 is 6.03 Å². The topological polar surface area (TPSA) is 138 Å². The van der Waals surface area contributed by atoms with E-state index in [9.17, 15) is 13.2 Å². The molecule has 2 amide bonds. The van der Waals surface area contributed by atoms with Gasteiger partial charge in [-0.15, -0.1) is 0 Å². The van der Waals surface area contributed by atoms with Gasteiger partial charge in [0.15, 0.2) is 0 Å². The highest BCUT2D eigenvalue weighted by atomic mass is 32.2. The number of carbonyl (C=O) groups is 1. The van der Waals surface area contributed by atoms with E-state index >= 15 is 0 Å². The Labute approximate surface area is 168 Å². The number of fused-ring (bicyclic) bond motifs is 1. The number of sulfonamides is 1. The summed E-state index contributed by atoms with van der Waals surface area (Å²) in [5.74, 6) is 0.979. The van der Waals surface area contributed by atoms with Crippen LogP contribution in [0.25, 0.3) is 10.9 Å². The lowest BCUT2D eigenvalue weighted by Crippen LogP contribution is -2.28. The number of urea groups is 1. The van der Waals surface area contributed by atoms with Crippen LogP contribution in [0.4, 0.5) is 22.4 Å². The Kier molecular flexibility index (Phi) is 6.20. The molecule has 0 radical (unpaired) electrons. The Morgan fingerprint density at radius 3 is 2.55 bits per heavy atom. The molecule has 0 aliphatic carbocycles. The first-order chi connectivity index (χ1) is 13.8. The number of rotatable bonds is 7. The van der Waals surface area contributed by atoms with Crippen LogP contribution in [0, 0.1) is 6.92 Å². The molecule has 29 heavy (non-hydrogen) atoms. The molecule has 0 fully saturated rings. The summed E-state index contributed by atoms with van der Waals surface area (Å²) in [5, 5.41) is 9.18. The fraction of sp³-hybridized carbons (Fsp3) is 0.222. The maximum atomic E-state index is 12.3. The second kappa shape index (κ2) is 8.80. The lowest BCUT2D eigenvalue weighted by Gasteiger charge is -2.10. The molecule has 0 spiro atoms. The SMILES string of the molecule is Cc1cc(NCCNS(C)(=O)=O)nc(NC(=O)Nc2ccc3ccccc3n2)n1. The largest absolute Gasteiger partial charge is 0.369 e. The van der Waals surface area contributed by atoms with Gasteiger partial charge in [-0.2, -0.15) is 4.98 Å². The normalized spacial score (nSPS) is 11.2. The molecule has 1 aromatic carbocycles. The minimum atomic E-state index is -3.25. The lowest BCUT2D eigenvalue weighted by atomic mass is 10.2. The summed E-state index contributed by atoms with van der Waals surface area (Å²) in [6, 6.07) is 12.3. The van der Waals surface area contributed by atoms with Crippen LogP contribution in [0.15, 0.2) is 42.5 Å². The molecule has 0 aliphatic rings. The average molecular weight is 415 g/mol. The van der Waals surface area contributed by atoms with E-state index < -0.39 is 16.1 Å².